The second-order valence-electron chi connectivity index (χ2n) is 5.57. The minimum Gasteiger partial charge on any atom is -0.394 e. The normalized spacial score (nSPS) is 51.7. The average Bonchev–Trinajstić information content (AvgIpc) is 2.54. The number of ether oxygens (including phenoxy) is 3. The summed E-state index contributed by atoms with van der Waals surface area (Å²) in [5, 5.41) is 76.1. The van der Waals surface area contributed by atoms with Gasteiger partial charge in [0.2, 0.25) is 0 Å². The van der Waals surface area contributed by atoms with Crippen LogP contribution >= 0.6 is 0 Å². The van der Waals surface area contributed by atoms with Crippen LogP contribution in [0.3, 0.4) is 0 Å². The number of aliphatic hydroxyl groups is 8. The fourth-order valence-electron chi connectivity index (χ4n) is 2.46. The molecule has 0 amide bonds. The molecule has 2 fully saturated rings. The average molecular weight is 342 g/mol. The highest BCUT2D eigenvalue weighted by Crippen LogP contribution is 2.24. The molecule has 0 aromatic carbocycles. The maximum atomic E-state index is 9.78. The van der Waals surface area contributed by atoms with E-state index in [9.17, 15) is 35.7 Å². The Hall–Kier alpha value is -0.440. The maximum absolute atomic E-state index is 9.78. The molecule has 2 aliphatic heterocycles. The summed E-state index contributed by atoms with van der Waals surface area (Å²) >= 11 is 0. The van der Waals surface area contributed by atoms with Gasteiger partial charge in [0.1, 0.15) is 48.8 Å². The summed E-state index contributed by atoms with van der Waals surface area (Å²) in [6.07, 6.45) is -15.3. The highest BCUT2D eigenvalue weighted by atomic mass is 16.7. The van der Waals surface area contributed by atoms with Crippen LogP contribution in [0, 0.1) is 0 Å². The lowest BCUT2D eigenvalue weighted by atomic mass is 9.98. The molecule has 1 unspecified atom stereocenters. The highest BCUT2D eigenvalue weighted by Gasteiger charge is 2.46. The molecule has 11 heteroatoms. The van der Waals surface area contributed by atoms with Crippen LogP contribution in [-0.4, -0.2) is 115 Å². The van der Waals surface area contributed by atoms with E-state index in [2.05, 4.69) is 0 Å². The molecule has 0 spiro atoms. The molecule has 2 saturated heterocycles. The summed E-state index contributed by atoms with van der Waals surface area (Å²) in [7, 11) is 0. The quantitative estimate of drug-likeness (QED) is 0.243. The summed E-state index contributed by atoms with van der Waals surface area (Å²) < 4.78 is 15.1. The van der Waals surface area contributed by atoms with Gasteiger partial charge in [0.05, 0.1) is 13.2 Å². The lowest BCUT2D eigenvalue weighted by molar-refractivity contribution is -0.325. The molecule has 0 radical (unpaired) electrons. The molecule has 136 valence electrons. The molecule has 23 heavy (non-hydrogen) atoms. The molecule has 0 aromatic heterocycles. The van der Waals surface area contributed by atoms with Crippen molar-refractivity contribution in [2.24, 2.45) is 0 Å². The van der Waals surface area contributed by atoms with Crippen LogP contribution in [0.5, 0.6) is 0 Å². The number of hydrogen-bond donors (Lipinski definition) is 8. The molecule has 2 rings (SSSR count). The fourth-order valence-corrected chi connectivity index (χ4v) is 2.46. The molecule has 2 aliphatic rings. The zero-order chi connectivity index (χ0) is 17.3. The second kappa shape index (κ2) is 7.63. The van der Waals surface area contributed by atoms with Gasteiger partial charge in [0, 0.05) is 0 Å². The van der Waals surface area contributed by atoms with Gasteiger partial charge in [-0.2, -0.15) is 0 Å². The number of aliphatic hydroxyl groups excluding tert-OH is 8. The minimum absolute atomic E-state index is 0.468. The Balaban J connectivity index is 1.94. The van der Waals surface area contributed by atoms with Crippen LogP contribution in [0.4, 0.5) is 0 Å². The Bertz CT molecular complexity index is 380. The second-order valence-corrected chi connectivity index (χ2v) is 5.57. The summed E-state index contributed by atoms with van der Waals surface area (Å²) in [5.74, 6) is 0. The van der Waals surface area contributed by atoms with Crippen molar-refractivity contribution in [2.45, 2.75) is 61.4 Å². The molecular weight excluding hydrogens is 320 g/mol. The van der Waals surface area contributed by atoms with Gasteiger partial charge in [-0.25, -0.2) is 0 Å². The molecule has 8 N–H and O–H groups in total. The van der Waals surface area contributed by atoms with Gasteiger partial charge in [0.25, 0.3) is 0 Å². The third-order valence-electron chi connectivity index (χ3n) is 3.96. The van der Waals surface area contributed by atoms with Crippen LogP contribution in [0.1, 0.15) is 0 Å². The first-order valence-corrected chi connectivity index (χ1v) is 7.07. The topological polar surface area (TPSA) is 190 Å². The zero-order valence-corrected chi connectivity index (χ0v) is 12.0. The monoisotopic (exact) mass is 342 g/mol. The smallest absolute Gasteiger partial charge is 0.186 e. The molecule has 11 nitrogen and oxygen atoms in total. The van der Waals surface area contributed by atoms with Crippen LogP contribution in [0.15, 0.2) is 0 Å². The van der Waals surface area contributed by atoms with Crippen LogP contribution < -0.4 is 0 Å². The molecule has 0 saturated carbocycles. The van der Waals surface area contributed by atoms with E-state index in [1.807, 2.05) is 0 Å². The number of hydrogen-bond acceptors (Lipinski definition) is 11. The van der Waals surface area contributed by atoms with Gasteiger partial charge >= 0.3 is 0 Å². The van der Waals surface area contributed by atoms with E-state index in [-0.39, 0.29) is 0 Å². The molecule has 0 bridgehead atoms. The summed E-state index contributed by atoms with van der Waals surface area (Å²) in [6.45, 7) is -1.10. The molecular formula is C12H22O11. The zero-order valence-electron chi connectivity index (χ0n) is 12.0. The fraction of sp³-hybridized carbons (Fsp3) is 1.00. The maximum Gasteiger partial charge on any atom is 0.186 e. The first kappa shape index (κ1) is 18.9. The van der Waals surface area contributed by atoms with Crippen molar-refractivity contribution in [2.75, 3.05) is 13.2 Å². The SMILES string of the molecule is OC[C@H]1OC(OC[C@H]2O[C@H](O)[C@H](O)[C@@H](O)[C@@H]2O)[C@H](O)[C@@H](O)[C@@H]1O. The van der Waals surface area contributed by atoms with Crippen molar-refractivity contribution in [3.63, 3.8) is 0 Å². The van der Waals surface area contributed by atoms with E-state index >= 15 is 0 Å². The summed E-state index contributed by atoms with van der Waals surface area (Å²) in [6, 6.07) is 0. The number of rotatable bonds is 4. The van der Waals surface area contributed by atoms with Gasteiger partial charge in [-0.15, -0.1) is 0 Å². The third-order valence-corrected chi connectivity index (χ3v) is 3.96. The van der Waals surface area contributed by atoms with Gasteiger partial charge in [-0.1, -0.05) is 0 Å². The van der Waals surface area contributed by atoms with Crippen molar-refractivity contribution in [1.82, 2.24) is 0 Å². The predicted molar refractivity (Wildman–Crippen MR) is 68.6 cm³/mol. The first-order chi connectivity index (χ1) is 10.8. The Kier molecular flexibility index (Phi) is 6.27. The standard InChI is InChI=1S/C12H22O11/c13-1-3-5(14)8(17)10(19)12(23-3)21-2-4-6(15)7(16)9(18)11(20)22-4/h3-20H,1-2H2/t3-,4-,5-,6-,7+,8+,9-,10-,11+,12?/m1/s1. The predicted octanol–water partition coefficient (Wildman–Crippen LogP) is -5.40. The third kappa shape index (κ3) is 3.81. The Labute approximate surface area is 130 Å². The molecule has 0 aromatic rings. The van der Waals surface area contributed by atoms with Gasteiger partial charge in [-0.05, 0) is 0 Å². The van der Waals surface area contributed by atoms with E-state index in [1.165, 1.54) is 0 Å². The molecule has 0 aliphatic carbocycles. The molecule has 2 heterocycles. The van der Waals surface area contributed by atoms with E-state index in [4.69, 9.17) is 19.3 Å². The van der Waals surface area contributed by atoms with E-state index < -0.39 is 74.6 Å². The first-order valence-electron chi connectivity index (χ1n) is 7.07. The van der Waals surface area contributed by atoms with E-state index in [0.717, 1.165) is 0 Å². The minimum atomic E-state index is -1.74. The van der Waals surface area contributed by atoms with E-state index in [1.54, 1.807) is 0 Å². The summed E-state index contributed by atoms with van der Waals surface area (Å²) in [5.41, 5.74) is 0. The highest BCUT2D eigenvalue weighted by molar-refractivity contribution is 4.91. The lowest BCUT2D eigenvalue weighted by Gasteiger charge is -2.41. The van der Waals surface area contributed by atoms with Crippen molar-refractivity contribution in [1.29, 1.82) is 0 Å². The van der Waals surface area contributed by atoms with Crippen molar-refractivity contribution in [3.8, 4) is 0 Å². The van der Waals surface area contributed by atoms with Crippen molar-refractivity contribution >= 4 is 0 Å². The largest absolute Gasteiger partial charge is 0.394 e. The van der Waals surface area contributed by atoms with Crippen LogP contribution in [-0.2, 0) is 14.2 Å². The Morgan fingerprint density at radius 2 is 1.22 bits per heavy atom. The van der Waals surface area contributed by atoms with Crippen molar-refractivity contribution < 1.29 is 55.1 Å². The lowest BCUT2D eigenvalue weighted by Crippen LogP contribution is -2.61. The molecule has 10 atom stereocenters. The van der Waals surface area contributed by atoms with Gasteiger partial charge < -0.3 is 55.1 Å². The van der Waals surface area contributed by atoms with Gasteiger partial charge in [0.15, 0.2) is 12.6 Å². The summed E-state index contributed by atoms with van der Waals surface area (Å²) in [4.78, 5) is 0. The van der Waals surface area contributed by atoms with Crippen LogP contribution in [0.2, 0.25) is 0 Å². The Morgan fingerprint density at radius 3 is 1.83 bits per heavy atom. The van der Waals surface area contributed by atoms with Crippen LogP contribution in [0.25, 0.3) is 0 Å². The van der Waals surface area contributed by atoms with Gasteiger partial charge in [-0.3, -0.25) is 0 Å². The van der Waals surface area contributed by atoms with Crippen molar-refractivity contribution in [3.05, 3.63) is 0 Å². The Morgan fingerprint density at radius 1 is 0.652 bits per heavy atom. The van der Waals surface area contributed by atoms with E-state index in [0.29, 0.717) is 0 Å².